The van der Waals surface area contributed by atoms with Crippen LogP contribution in [0.1, 0.15) is 39.8 Å². The van der Waals surface area contributed by atoms with Crippen LogP contribution in [0.4, 0.5) is 9.93 Å². The van der Waals surface area contributed by atoms with Gasteiger partial charge < -0.3 is 31.0 Å². The Labute approximate surface area is 239 Å². The molecule has 0 spiro atoms. The zero-order valence-electron chi connectivity index (χ0n) is 21.7. The Morgan fingerprint density at radius 1 is 1.23 bits per heavy atom. The molecule has 0 saturated carbocycles. The quantitative estimate of drug-likeness (QED) is 0.161. The molecule has 1 aromatic rings. The van der Waals surface area contributed by atoms with Crippen LogP contribution in [-0.2, 0) is 33.4 Å². The van der Waals surface area contributed by atoms with Crippen molar-refractivity contribution in [1.29, 1.82) is 0 Å². The Hall–Kier alpha value is -3.30. The van der Waals surface area contributed by atoms with Gasteiger partial charge in [-0.2, -0.15) is 0 Å². The van der Waals surface area contributed by atoms with Gasteiger partial charge in [-0.1, -0.05) is 13.0 Å². The molecule has 16 heteroatoms. The predicted octanol–water partition coefficient (Wildman–Crippen LogP) is 1.78. The minimum Gasteiger partial charge on any atom is -0.445 e. The fraction of sp³-hybridized carbons (Fsp3) is 0.478. The maximum absolute atomic E-state index is 13.1. The number of hydrogen-bond donors (Lipinski definition) is 3. The number of nitrogens with zero attached hydrogens (tertiary/aromatic N) is 2. The summed E-state index contributed by atoms with van der Waals surface area (Å²) in [7, 11) is 0. The highest BCUT2D eigenvalue weighted by atomic mass is 35.5. The van der Waals surface area contributed by atoms with Gasteiger partial charge in [0.05, 0.1) is 16.7 Å². The van der Waals surface area contributed by atoms with E-state index in [0.29, 0.717) is 17.2 Å². The fourth-order valence-electron chi connectivity index (χ4n) is 3.51. The number of thioether (sulfide) groups is 1. The summed E-state index contributed by atoms with van der Waals surface area (Å²) in [5, 5.41) is 4.03. The number of hydrogen-bond acceptors (Lipinski definition) is 12. The fourth-order valence-corrected chi connectivity index (χ4v) is 5.40. The van der Waals surface area contributed by atoms with Gasteiger partial charge in [0.25, 0.3) is 11.8 Å². The first kappa shape index (κ1) is 31.9. The molecule has 2 atom stereocenters. The van der Waals surface area contributed by atoms with Gasteiger partial charge in [-0.05, 0) is 27.2 Å². The third kappa shape index (κ3) is 7.42. The molecule has 0 bridgehead atoms. The maximum Gasteiger partial charge on any atom is 0.404 e. The van der Waals surface area contributed by atoms with Gasteiger partial charge in [0.15, 0.2) is 5.13 Å². The first-order chi connectivity index (χ1) is 17.8. The Morgan fingerprint density at radius 3 is 2.49 bits per heavy atom. The third-order valence-electron chi connectivity index (χ3n) is 5.36. The normalized spacial score (nSPS) is 18.8. The van der Waals surface area contributed by atoms with Gasteiger partial charge in [0.2, 0.25) is 6.79 Å². The van der Waals surface area contributed by atoms with Crippen molar-refractivity contribution in [3.05, 3.63) is 28.4 Å². The summed E-state index contributed by atoms with van der Waals surface area (Å²) >= 11 is 2.45. The second-order valence-electron chi connectivity index (χ2n) is 9.25. The number of carbonyl (C=O) groups excluding carboxylic acids is 5. The number of fused-ring (bicyclic) bond motifs is 1. The second-order valence-corrected chi connectivity index (χ2v) is 11.2. The lowest BCUT2D eigenvalue weighted by Crippen LogP contribution is -2.70. The number of carbonyl (C=O) groups is 5. The van der Waals surface area contributed by atoms with Crippen molar-refractivity contribution in [3.63, 3.8) is 0 Å². The van der Waals surface area contributed by atoms with Crippen molar-refractivity contribution in [3.8, 4) is 0 Å². The second kappa shape index (κ2) is 13.2. The molecule has 1 aromatic heterocycles. The molecule has 2 aliphatic rings. The van der Waals surface area contributed by atoms with Crippen LogP contribution in [0.5, 0.6) is 0 Å². The Bertz CT molecular complexity index is 1210. The van der Waals surface area contributed by atoms with Crippen molar-refractivity contribution in [2.75, 3.05) is 24.9 Å². The van der Waals surface area contributed by atoms with Crippen LogP contribution in [0.15, 0.2) is 22.7 Å². The zero-order chi connectivity index (χ0) is 28.2. The maximum atomic E-state index is 13.1. The van der Waals surface area contributed by atoms with Crippen molar-refractivity contribution in [2.24, 2.45) is 11.1 Å². The number of aromatic nitrogens is 1. The number of esters is 2. The summed E-state index contributed by atoms with van der Waals surface area (Å²) in [5.41, 5.74) is 10.7. The Morgan fingerprint density at radius 2 is 1.92 bits per heavy atom. The number of thiazole rings is 1. The van der Waals surface area contributed by atoms with Crippen LogP contribution in [0.2, 0.25) is 0 Å². The molecule has 0 radical (unpaired) electrons. The molecular weight excluding hydrogens is 574 g/mol. The summed E-state index contributed by atoms with van der Waals surface area (Å²) in [6.45, 7) is 5.74. The zero-order valence-corrected chi connectivity index (χ0v) is 24.1. The minimum absolute atomic E-state index is 0. The number of nitrogens with two attached hydrogens (primary N) is 2. The van der Waals surface area contributed by atoms with Crippen molar-refractivity contribution < 1.29 is 38.2 Å². The van der Waals surface area contributed by atoms with E-state index < -0.39 is 53.5 Å². The number of allylic oxidation sites excluding steroid dienone is 1. The number of halogens is 1. The van der Waals surface area contributed by atoms with E-state index >= 15 is 0 Å². The molecule has 1 fully saturated rings. The largest absolute Gasteiger partial charge is 0.445 e. The predicted molar refractivity (Wildman–Crippen MR) is 146 cm³/mol. The molecule has 0 aromatic carbocycles. The lowest BCUT2D eigenvalue weighted by molar-refractivity contribution is -0.173. The number of primary amides is 1. The molecule has 2 aliphatic heterocycles. The number of nitrogen functional groups attached to an aromatic ring is 1. The number of amides is 3. The van der Waals surface area contributed by atoms with Crippen LogP contribution in [0, 0.1) is 5.41 Å². The van der Waals surface area contributed by atoms with Gasteiger partial charge in [-0.15, -0.1) is 35.5 Å². The Balaban J connectivity index is 0.00000533. The monoisotopic (exact) mass is 603 g/mol. The van der Waals surface area contributed by atoms with Gasteiger partial charge in [0.1, 0.15) is 23.7 Å². The number of nitrogens with one attached hydrogen (secondary N) is 1. The molecule has 3 rings (SSSR count). The molecule has 13 nitrogen and oxygen atoms in total. The Kier molecular flexibility index (Phi) is 10.8. The van der Waals surface area contributed by atoms with E-state index in [9.17, 15) is 24.0 Å². The van der Waals surface area contributed by atoms with Crippen molar-refractivity contribution in [1.82, 2.24) is 15.2 Å². The molecule has 39 heavy (non-hydrogen) atoms. The average Bonchev–Trinajstić information content (AvgIpc) is 3.28. The summed E-state index contributed by atoms with van der Waals surface area (Å²) in [6.07, 6.45) is 1.17. The highest BCUT2D eigenvalue weighted by molar-refractivity contribution is 8.00. The van der Waals surface area contributed by atoms with Gasteiger partial charge >= 0.3 is 18.0 Å². The first-order valence-electron chi connectivity index (χ1n) is 11.5. The molecule has 0 aliphatic carbocycles. The number of anilines is 1. The van der Waals surface area contributed by atoms with E-state index in [1.807, 2.05) is 6.92 Å². The standard InChI is InChI=1S/C23H29N5O8S2.ClH/c1-5-6-12(13-9-38-21(24)26-13)16(29)27-14-17(30)28-15(11(7-34-22(25)33)8-37-18(14)28)19(31)35-10-36-20(32)23(2,3)4;/h6,9,14,18H,5,7-8,10H2,1-4H3,(H2,24,26)(H2,25,33)(H,27,29);1H/b12-6-;/t14-,18-;/m0./s1. The van der Waals surface area contributed by atoms with E-state index in [1.165, 1.54) is 23.1 Å². The third-order valence-corrected chi connectivity index (χ3v) is 7.37. The van der Waals surface area contributed by atoms with Gasteiger partial charge in [0, 0.05) is 16.7 Å². The van der Waals surface area contributed by atoms with E-state index in [2.05, 4.69) is 10.3 Å². The van der Waals surface area contributed by atoms with Crippen LogP contribution in [-0.4, -0.2) is 70.3 Å². The summed E-state index contributed by atoms with van der Waals surface area (Å²) < 4.78 is 14.9. The van der Waals surface area contributed by atoms with Crippen LogP contribution >= 0.6 is 35.5 Å². The van der Waals surface area contributed by atoms with E-state index in [-0.39, 0.29) is 41.6 Å². The van der Waals surface area contributed by atoms with Gasteiger partial charge in [-0.3, -0.25) is 19.3 Å². The lowest BCUT2D eigenvalue weighted by atomic mass is 9.98. The molecule has 0 unspecified atom stereocenters. The molecule has 214 valence electrons. The highest BCUT2D eigenvalue weighted by Gasteiger charge is 2.54. The topological polar surface area (TPSA) is 193 Å². The van der Waals surface area contributed by atoms with Crippen LogP contribution in [0.25, 0.3) is 5.57 Å². The van der Waals surface area contributed by atoms with Gasteiger partial charge in [-0.25, -0.2) is 14.6 Å². The molecule has 3 heterocycles. The number of β-lactam (4-membered cyclic amide) rings is 1. The molecular formula is C23H30ClN5O8S2. The summed E-state index contributed by atoms with van der Waals surface area (Å²) in [5.74, 6) is -2.45. The average molecular weight is 604 g/mol. The van der Waals surface area contributed by atoms with E-state index in [0.717, 1.165) is 4.90 Å². The highest BCUT2D eigenvalue weighted by Crippen LogP contribution is 2.41. The van der Waals surface area contributed by atoms with E-state index in [1.54, 1.807) is 32.2 Å². The van der Waals surface area contributed by atoms with Crippen molar-refractivity contribution >= 4 is 76.1 Å². The van der Waals surface area contributed by atoms with Crippen molar-refractivity contribution in [2.45, 2.75) is 45.5 Å². The molecule has 1 saturated heterocycles. The van der Waals surface area contributed by atoms with Crippen LogP contribution in [0.3, 0.4) is 0 Å². The summed E-state index contributed by atoms with van der Waals surface area (Å²) in [6, 6.07) is -0.941. The minimum atomic E-state index is -1.06. The summed E-state index contributed by atoms with van der Waals surface area (Å²) in [4.78, 5) is 67.6. The lowest BCUT2D eigenvalue weighted by Gasteiger charge is -2.49. The number of rotatable bonds is 9. The smallest absolute Gasteiger partial charge is 0.404 e. The van der Waals surface area contributed by atoms with Crippen LogP contribution < -0.4 is 16.8 Å². The SMILES string of the molecule is CC/C=C(\C(=O)N[C@H]1C(=O)N2C(C(=O)OCOC(=O)C(C)(C)C)=C(COC(N)=O)CS[C@@H]12)c1csc(N)n1.Cl. The first-order valence-corrected chi connectivity index (χ1v) is 13.4. The number of ether oxygens (including phenoxy) is 3. The van der Waals surface area contributed by atoms with E-state index in [4.69, 9.17) is 25.7 Å². The molecule has 5 N–H and O–H groups in total. The molecule has 3 amide bonds.